The molecule has 0 atom stereocenters. The van der Waals surface area contributed by atoms with Crippen molar-refractivity contribution in [2.75, 3.05) is 6.61 Å². The fraction of sp³-hybridized carbons (Fsp3) is 0.533. The quantitative estimate of drug-likeness (QED) is 0.504. The summed E-state index contributed by atoms with van der Waals surface area (Å²) in [4.78, 5) is 0. The Morgan fingerprint density at radius 1 is 1.16 bits per heavy atom. The van der Waals surface area contributed by atoms with E-state index in [0.717, 1.165) is 29.9 Å². The van der Waals surface area contributed by atoms with Gasteiger partial charge in [-0.2, -0.15) is 0 Å². The van der Waals surface area contributed by atoms with Gasteiger partial charge >= 0.3 is 0 Å². The lowest BCUT2D eigenvalue weighted by Crippen LogP contribution is -2.15. The fourth-order valence-electron chi connectivity index (χ4n) is 2.79. The van der Waals surface area contributed by atoms with E-state index in [1.165, 1.54) is 25.7 Å². The van der Waals surface area contributed by atoms with Crippen LogP contribution in [-0.4, -0.2) is 23.6 Å². The number of ether oxygens (including phenoxy) is 2. The van der Waals surface area contributed by atoms with Gasteiger partial charge in [0, 0.05) is 11.6 Å². The zero-order valence-electron chi connectivity index (χ0n) is 11.0. The number of benzene rings is 1. The molecule has 1 aliphatic heterocycles. The summed E-state index contributed by atoms with van der Waals surface area (Å²) in [5, 5.41) is 12.1. The molecule has 4 nitrogen and oxygen atoms in total. The van der Waals surface area contributed by atoms with E-state index in [9.17, 15) is 0 Å². The molecule has 0 amide bonds. The highest BCUT2D eigenvalue weighted by atomic mass is 16.5. The summed E-state index contributed by atoms with van der Waals surface area (Å²) in [5.41, 5.74) is 1.44. The van der Waals surface area contributed by atoms with Crippen LogP contribution in [-0.2, 0) is 0 Å². The summed E-state index contributed by atoms with van der Waals surface area (Å²) in [6.45, 7) is 0.332. The molecule has 0 saturated heterocycles. The second-order valence-electron chi connectivity index (χ2n) is 5.22. The molecular formula is C15H19NO3. The Bertz CT molecular complexity index is 476. The number of oxime groups is 1. The number of rotatable bonds is 2. The molecule has 1 aromatic carbocycles. The summed E-state index contributed by atoms with van der Waals surface area (Å²) in [7, 11) is 0. The molecule has 1 saturated carbocycles. The van der Waals surface area contributed by atoms with E-state index >= 15 is 0 Å². The standard InChI is InChI=1S/C15H19NO3/c17-16-14-10-18-15-9-12(7-8-13(14)15)19-11-5-3-1-2-4-6-11/h7-9,11,17H,1-6,10H2/b16-14-. The van der Waals surface area contributed by atoms with Gasteiger partial charge in [-0.15, -0.1) is 0 Å². The van der Waals surface area contributed by atoms with Gasteiger partial charge in [-0.3, -0.25) is 0 Å². The van der Waals surface area contributed by atoms with E-state index in [2.05, 4.69) is 5.16 Å². The fourth-order valence-corrected chi connectivity index (χ4v) is 2.79. The van der Waals surface area contributed by atoms with Gasteiger partial charge in [0.05, 0.1) is 6.10 Å². The number of hydrogen-bond acceptors (Lipinski definition) is 4. The zero-order chi connectivity index (χ0) is 13.1. The third kappa shape index (κ3) is 2.67. The second kappa shape index (κ2) is 5.51. The summed E-state index contributed by atoms with van der Waals surface area (Å²) < 4.78 is 11.5. The molecule has 1 aromatic rings. The molecule has 3 rings (SSSR count). The van der Waals surface area contributed by atoms with Crippen LogP contribution in [0.5, 0.6) is 11.5 Å². The van der Waals surface area contributed by atoms with Crippen LogP contribution in [0.1, 0.15) is 44.1 Å². The van der Waals surface area contributed by atoms with Crippen LogP contribution in [0.15, 0.2) is 23.4 Å². The third-order valence-electron chi connectivity index (χ3n) is 3.85. The zero-order valence-corrected chi connectivity index (χ0v) is 11.0. The molecule has 19 heavy (non-hydrogen) atoms. The van der Waals surface area contributed by atoms with Crippen LogP contribution < -0.4 is 9.47 Å². The summed E-state index contributed by atoms with van der Waals surface area (Å²) >= 11 is 0. The van der Waals surface area contributed by atoms with Crippen molar-refractivity contribution in [3.63, 3.8) is 0 Å². The van der Waals surface area contributed by atoms with E-state index < -0.39 is 0 Å². The first-order chi connectivity index (χ1) is 9.36. The van der Waals surface area contributed by atoms with Crippen molar-refractivity contribution in [2.24, 2.45) is 5.16 Å². The first-order valence-electron chi connectivity index (χ1n) is 7.01. The van der Waals surface area contributed by atoms with Crippen LogP contribution >= 0.6 is 0 Å². The van der Waals surface area contributed by atoms with E-state index in [0.29, 0.717) is 18.4 Å². The SMILES string of the molecule is O/N=C1/COc2cc(OC3CCCCCC3)ccc21. The normalized spacial score (nSPS) is 21.8. The van der Waals surface area contributed by atoms with Gasteiger partial charge in [0.25, 0.3) is 0 Å². The van der Waals surface area contributed by atoms with Crippen molar-refractivity contribution in [1.29, 1.82) is 0 Å². The maximum Gasteiger partial charge on any atom is 0.134 e. The highest BCUT2D eigenvalue weighted by Crippen LogP contribution is 2.31. The van der Waals surface area contributed by atoms with Crippen molar-refractivity contribution in [1.82, 2.24) is 0 Å². The first kappa shape index (κ1) is 12.3. The third-order valence-corrected chi connectivity index (χ3v) is 3.85. The van der Waals surface area contributed by atoms with Gasteiger partial charge in [0.1, 0.15) is 23.8 Å². The first-order valence-corrected chi connectivity index (χ1v) is 7.01. The molecule has 1 aliphatic carbocycles. The molecule has 1 N–H and O–H groups in total. The smallest absolute Gasteiger partial charge is 0.134 e. The minimum Gasteiger partial charge on any atom is -0.490 e. The van der Waals surface area contributed by atoms with Crippen LogP contribution in [0.3, 0.4) is 0 Å². The van der Waals surface area contributed by atoms with Crippen molar-refractivity contribution < 1.29 is 14.7 Å². The maximum absolute atomic E-state index is 8.85. The Morgan fingerprint density at radius 3 is 2.68 bits per heavy atom. The summed E-state index contributed by atoms with van der Waals surface area (Å²) in [6, 6.07) is 5.74. The number of fused-ring (bicyclic) bond motifs is 1. The Morgan fingerprint density at radius 2 is 1.95 bits per heavy atom. The highest BCUT2D eigenvalue weighted by Gasteiger charge is 2.21. The maximum atomic E-state index is 8.85. The predicted molar refractivity (Wildman–Crippen MR) is 72.4 cm³/mol. The van der Waals surface area contributed by atoms with Gasteiger partial charge in [-0.25, -0.2) is 0 Å². The molecule has 0 radical (unpaired) electrons. The Balaban J connectivity index is 1.72. The summed E-state index contributed by atoms with van der Waals surface area (Å²) in [6.07, 6.45) is 7.77. The Kier molecular flexibility index (Phi) is 3.58. The molecule has 1 heterocycles. The lowest BCUT2D eigenvalue weighted by molar-refractivity contribution is 0.183. The topological polar surface area (TPSA) is 51.1 Å². The number of nitrogens with zero attached hydrogens (tertiary/aromatic N) is 1. The van der Waals surface area contributed by atoms with Gasteiger partial charge in [0.15, 0.2) is 0 Å². The molecule has 0 spiro atoms. The van der Waals surface area contributed by atoms with E-state index in [1.54, 1.807) is 0 Å². The molecule has 0 aromatic heterocycles. The molecule has 4 heteroatoms. The minimum absolute atomic E-state index is 0.327. The predicted octanol–water partition coefficient (Wildman–Crippen LogP) is 3.36. The Labute approximate surface area is 113 Å². The molecule has 102 valence electrons. The summed E-state index contributed by atoms with van der Waals surface area (Å²) in [5.74, 6) is 1.60. The Hall–Kier alpha value is -1.71. The molecule has 0 unspecified atom stereocenters. The van der Waals surface area contributed by atoms with Gasteiger partial charge in [0.2, 0.25) is 0 Å². The highest BCUT2D eigenvalue weighted by molar-refractivity contribution is 6.05. The van der Waals surface area contributed by atoms with Crippen LogP contribution in [0.4, 0.5) is 0 Å². The lowest BCUT2D eigenvalue weighted by atomic mass is 10.1. The van der Waals surface area contributed by atoms with Gasteiger partial charge in [-0.05, 0) is 37.8 Å². The van der Waals surface area contributed by atoms with E-state index in [-0.39, 0.29) is 0 Å². The van der Waals surface area contributed by atoms with Crippen LogP contribution in [0.25, 0.3) is 0 Å². The molecule has 2 aliphatic rings. The van der Waals surface area contributed by atoms with Crippen molar-refractivity contribution in [3.05, 3.63) is 23.8 Å². The van der Waals surface area contributed by atoms with Crippen LogP contribution in [0.2, 0.25) is 0 Å². The largest absolute Gasteiger partial charge is 0.490 e. The minimum atomic E-state index is 0.327. The van der Waals surface area contributed by atoms with Crippen molar-refractivity contribution in [3.8, 4) is 11.5 Å². The average Bonchev–Trinajstić information content (AvgIpc) is 2.66. The van der Waals surface area contributed by atoms with E-state index in [4.69, 9.17) is 14.7 Å². The molecule has 0 bridgehead atoms. The second-order valence-corrected chi connectivity index (χ2v) is 5.22. The molecular weight excluding hydrogens is 242 g/mol. The van der Waals surface area contributed by atoms with Gasteiger partial charge in [-0.1, -0.05) is 18.0 Å². The van der Waals surface area contributed by atoms with Crippen LogP contribution in [0, 0.1) is 0 Å². The lowest BCUT2D eigenvalue weighted by Gasteiger charge is -2.17. The molecule has 1 fully saturated rings. The van der Waals surface area contributed by atoms with E-state index in [1.807, 2.05) is 18.2 Å². The number of hydrogen-bond donors (Lipinski definition) is 1. The van der Waals surface area contributed by atoms with Gasteiger partial charge < -0.3 is 14.7 Å². The average molecular weight is 261 g/mol. The monoisotopic (exact) mass is 261 g/mol. The van der Waals surface area contributed by atoms with Crippen molar-refractivity contribution >= 4 is 5.71 Å². The van der Waals surface area contributed by atoms with Crippen molar-refractivity contribution in [2.45, 2.75) is 44.6 Å².